The van der Waals surface area contributed by atoms with E-state index in [1.54, 1.807) is 0 Å². The lowest BCUT2D eigenvalue weighted by Crippen LogP contribution is -2.34. The van der Waals surface area contributed by atoms with Crippen LogP contribution in [0.4, 0.5) is 0 Å². The Kier molecular flexibility index (Phi) is 4.08. The highest BCUT2D eigenvalue weighted by molar-refractivity contribution is 5.75. The van der Waals surface area contributed by atoms with Crippen molar-refractivity contribution in [3.05, 3.63) is 0 Å². The third-order valence-corrected chi connectivity index (χ3v) is 4.48. The molecule has 0 aromatic heterocycles. The number of ether oxygens (including phenoxy) is 1. The molecule has 2 rings (SSSR count). The van der Waals surface area contributed by atoms with Crippen molar-refractivity contribution in [2.75, 3.05) is 6.61 Å². The van der Waals surface area contributed by atoms with Crippen molar-refractivity contribution in [3.8, 4) is 0 Å². The summed E-state index contributed by atoms with van der Waals surface area (Å²) in [5.41, 5.74) is 0. The minimum absolute atomic E-state index is 0.00440. The van der Waals surface area contributed by atoms with Crippen molar-refractivity contribution in [2.45, 2.75) is 52.1 Å². The number of carbonyl (C=O) groups excluding carboxylic acids is 1. The van der Waals surface area contributed by atoms with Crippen molar-refractivity contribution in [2.24, 2.45) is 23.7 Å². The van der Waals surface area contributed by atoms with Gasteiger partial charge in [0.1, 0.15) is 6.10 Å². The number of esters is 1. The molecule has 0 aromatic carbocycles. The second-order valence-electron chi connectivity index (χ2n) is 5.90. The molecule has 2 aliphatic rings. The molecular weight excluding hydrogens is 216 g/mol. The summed E-state index contributed by atoms with van der Waals surface area (Å²) < 4.78 is 5.36. The lowest BCUT2D eigenvalue weighted by Gasteiger charge is -2.33. The molecule has 0 spiro atoms. The molecule has 1 aliphatic heterocycles. The highest BCUT2D eigenvalue weighted by atomic mass is 16.6. The van der Waals surface area contributed by atoms with Gasteiger partial charge < -0.3 is 9.84 Å². The predicted molar refractivity (Wildman–Crippen MR) is 65.4 cm³/mol. The smallest absolute Gasteiger partial charge is 0.309 e. The van der Waals surface area contributed by atoms with Gasteiger partial charge in [-0.05, 0) is 11.8 Å². The molecule has 17 heavy (non-hydrogen) atoms. The SMILES string of the molecule is CC(C)[C@@H]1C(=O)O[C@H](CO)[C@@H]1C1CCCCC1. The molecule has 3 heteroatoms. The van der Waals surface area contributed by atoms with Gasteiger partial charge in [0.05, 0.1) is 12.5 Å². The van der Waals surface area contributed by atoms with Crippen molar-refractivity contribution in [3.63, 3.8) is 0 Å². The van der Waals surface area contributed by atoms with Crippen LogP contribution in [-0.4, -0.2) is 23.8 Å². The molecule has 0 bridgehead atoms. The van der Waals surface area contributed by atoms with E-state index in [0.717, 1.165) is 0 Å². The van der Waals surface area contributed by atoms with E-state index >= 15 is 0 Å². The average molecular weight is 240 g/mol. The molecule has 1 saturated heterocycles. The molecule has 1 aliphatic carbocycles. The second-order valence-corrected chi connectivity index (χ2v) is 5.90. The minimum atomic E-state index is -0.252. The summed E-state index contributed by atoms with van der Waals surface area (Å²) in [6.07, 6.45) is 5.98. The van der Waals surface area contributed by atoms with Gasteiger partial charge in [-0.25, -0.2) is 0 Å². The summed E-state index contributed by atoms with van der Waals surface area (Å²) in [5.74, 6) is 1.03. The summed E-state index contributed by atoms with van der Waals surface area (Å²) in [5, 5.41) is 9.41. The standard InChI is InChI=1S/C14H24O3/c1-9(2)12-13(10-6-4-3-5-7-10)11(8-15)17-14(12)16/h9-13,15H,3-8H2,1-2H3/t11-,12+,13+/m1/s1. The Hall–Kier alpha value is -0.570. The fraction of sp³-hybridized carbons (Fsp3) is 0.929. The molecule has 2 fully saturated rings. The van der Waals surface area contributed by atoms with E-state index in [0.29, 0.717) is 11.8 Å². The molecule has 1 N–H and O–H groups in total. The summed E-state index contributed by atoms with van der Waals surface area (Å²) in [7, 11) is 0. The quantitative estimate of drug-likeness (QED) is 0.770. The maximum Gasteiger partial charge on any atom is 0.309 e. The van der Waals surface area contributed by atoms with E-state index in [-0.39, 0.29) is 30.5 Å². The Balaban J connectivity index is 2.15. The first-order valence-corrected chi connectivity index (χ1v) is 6.96. The van der Waals surface area contributed by atoms with Crippen LogP contribution in [0.1, 0.15) is 46.0 Å². The maximum atomic E-state index is 11.9. The number of hydrogen-bond acceptors (Lipinski definition) is 3. The Morgan fingerprint density at radius 3 is 2.47 bits per heavy atom. The first-order valence-electron chi connectivity index (χ1n) is 6.96. The van der Waals surface area contributed by atoms with Crippen molar-refractivity contribution >= 4 is 5.97 Å². The molecule has 3 nitrogen and oxygen atoms in total. The minimum Gasteiger partial charge on any atom is -0.459 e. The van der Waals surface area contributed by atoms with Crippen molar-refractivity contribution in [1.82, 2.24) is 0 Å². The van der Waals surface area contributed by atoms with Crippen LogP contribution in [0.3, 0.4) is 0 Å². The molecule has 0 radical (unpaired) electrons. The Morgan fingerprint density at radius 1 is 1.29 bits per heavy atom. The largest absolute Gasteiger partial charge is 0.459 e. The van der Waals surface area contributed by atoms with Gasteiger partial charge in [0.25, 0.3) is 0 Å². The van der Waals surface area contributed by atoms with Gasteiger partial charge in [0, 0.05) is 5.92 Å². The maximum absolute atomic E-state index is 11.9. The topological polar surface area (TPSA) is 46.5 Å². The number of hydrogen-bond donors (Lipinski definition) is 1. The number of rotatable bonds is 3. The van der Waals surface area contributed by atoms with Crippen molar-refractivity contribution < 1.29 is 14.6 Å². The van der Waals surface area contributed by atoms with Crippen molar-refractivity contribution in [1.29, 1.82) is 0 Å². The molecule has 0 unspecified atom stereocenters. The van der Waals surface area contributed by atoms with Gasteiger partial charge in [-0.2, -0.15) is 0 Å². The van der Waals surface area contributed by atoms with E-state index in [2.05, 4.69) is 13.8 Å². The van der Waals surface area contributed by atoms with Gasteiger partial charge in [-0.1, -0.05) is 46.0 Å². The van der Waals surface area contributed by atoms with Crippen LogP contribution in [0.15, 0.2) is 0 Å². The molecule has 0 aromatic rings. The van der Waals surface area contributed by atoms with E-state index in [9.17, 15) is 9.90 Å². The van der Waals surface area contributed by atoms with E-state index in [1.807, 2.05) is 0 Å². The van der Waals surface area contributed by atoms with E-state index in [4.69, 9.17) is 4.74 Å². The van der Waals surface area contributed by atoms with Gasteiger partial charge in [0.2, 0.25) is 0 Å². The van der Waals surface area contributed by atoms with Gasteiger partial charge in [-0.3, -0.25) is 4.79 Å². The van der Waals surface area contributed by atoms with Crippen LogP contribution in [0.5, 0.6) is 0 Å². The van der Waals surface area contributed by atoms with Gasteiger partial charge in [0.15, 0.2) is 0 Å². The Morgan fingerprint density at radius 2 is 1.94 bits per heavy atom. The summed E-state index contributed by atoms with van der Waals surface area (Å²) in [6, 6.07) is 0. The van der Waals surface area contributed by atoms with Crippen LogP contribution >= 0.6 is 0 Å². The summed E-state index contributed by atoms with van der Waals surface area (Å²) in [6.45, 7) is 4.15. The van der Waals surface area contributed by atoms with Gasteiger partial charge in [-0.15, -0.1) is 0 Å². The lowest BCUT2D eigenvalue weighted by atomic mass is 9.70. The van der Waals surface area contributed by atoms with E-state index in [1.165, 1.54) is 32.1 Å². The van der Waals surface area contributed by atoms with Crippen LogP contribution in [0.25, 0.3) is 0 Å². The lowest BCUT2D eigenvalue weighted by molar-refractivity contribution is -0.146. The Bertz CT molecular complexity index is 269. The molecule has 1 heterocycles. The second kappa shape index (κ2) is 5.38. The fourth-order valence-electron chi connectivity index (χ4n) is 3.69. The highest BCUT2D eigenvalue weighted by Crippen LogP contribution is 2.43. The first kappa shape index (κ1) is 12.9. The van der Waals surface area contributed by atoms with Crippen LogP contribution in [0.2, 0.25) is 0 Å². The fourth-order valence-corrected chi connectivity index (χ4v) is 3.69. The number of aliphatic hydroxyl groups is 1. The monoisotopic (exact) mass is 240 g/mol. The normalized spacial score (nSPS) is 35.3. The number of aliphatic hydroxyl groups excluding tert-OH is 1. The van der Waals surface area contributed by atoms with Crippen LogP contribution < -0.4 is 0 Å². The zero-order chi connectivity index (χ0) is 12.4. The molecule has 0 amide bonds. The number of carbonyl (C=O) groups is 1. The molecular formula is C14H24O3. The summed E-state index contributed by atoms with van der Waals surface area (Å²) >= 11 is 0. The number of cyclic esters (lactones) is 1. The molecule has 3 atom stereocenters. The first-order chi connectivity index (χ1) is 8.15. The molecule has 1 saturated carbocycles. The van der Waals surface area contributed by atoms with Crippen LogP contribution in [0, 0.1) is 23.7 Å². The van der Waals surface area contributed by atoms with Crippen LogP contribution in [-0.2, 0) is 9.53 Å². The predicted octanol–water partition coefficient (Wildman–Crippen LogP) is 2.37. The highest BCUT2D eigenvalue weighted by Gasteiger charge is 2.48. The van der Waals surface area contributed by atoms with Gasteiger partial charge >= 0.3 is 5.97 Å². The zero-order valence-corrected chi connectivity index (χ0v) is 10.9. The molecule has 98 valence electrons. The summed E-state index contributed by atoms with van der Waals surface area (Å²) in [4.78, 5) is 11.9. The van der Waals surface area contributed by atoms with E-state index < -0.39 is 0 Å². The third kappa shape index (κ3) is 2.49. The third-order valence-electron chi connectivity index (χ3n) is 4.48. The zero-order valence-electron chi connectivity index (χ0n) is 10.9. The average Bonchev–Trinajstić information content (AvgIpc) is 2.67. The Labute approximate surface area is 104 Å².